The largest absolute Gasteiger partial charge is 0.398 e. The molecule has 84 valence electrons. The van der Waals surface area contributed by atoms with E-state index in [1.165, 1.54) is 25.0 Å². The molecular weight excluding hydrogens is 198 g/mol. The number of hydrogen-bond donors (Lipinski definition) is 3. The van der Waals surface area contributed by atoms with Crippen LogP contribution in [0.2, 0.25) is 0 Å². The Morgan fingerprint density at radius 2 is 2.25 bits per heavy atom. The lowest BCUT2D eigenvalue weighted by Crippen LogP contribution is -2.34. The Balaban J connectivity index is 1.79. The highest BCUT2D eigenvalue weighted by Gasteiger charge is 2.16. The molecule has 4 N–H and O–H groups in total. The van der Waals surface area contributed by atoms with E-state index in [1.54, 1.807) is 0 Å². The van der Waals surface area contributed by atoms with Gasteiger partial charge in [0.2, 0.25) is 0 Å². The molecule has 3 heteroatoms. The summed E-state index contributed by atoms with van der Waals surface area (Å²) in [6, 6.07) is 8.87. The van der Waals surface area contributed by atoms with Gasteiger partial charge >= 0.3 is 0 Å². The monoisotopic (exact) mass is 215 g/mol. The van der Waals surface area contributed by atoms with Crippen LogP contribution in [0.1, 0.15) is 25.0 Å². The molecule has 0 spiro atoms. The molecule has 1 heterocycles. The van der Waals surface area contributed by atoms with Gasteiger partial charge in [0.25, 0.3) is 0 Å². The minimum absolute atomic E-state index is 0.726. The fraction of sp³-hybridized carbons (Fsp3) is 0.385. The molecule has 1 fully saturated rings. The number of benzene rings is 1. The maximum atomic E-state index is 5.92. The van der Waals surface area contributed by atoms with Gasteiger partial charge < -0.3 is 16.0 Å². The lowest BCUT2D eigenvalue weighted by atomic mass is 9.93. The van der Waals surface area contributed by atoms with Crippen LogP contribution in [0.15, 0.2) is 24.3 Å². The van der Waals surface area contributed by atoms with E-state index in [9.17, 15) is 0 Å². The lowest BCUT2D eigenvalue weighted by molar-refractivity contribution is 0.337. The molecule has 0 radical (unpaired) electrons. The standard InChI is InChI=1S/C13H17N3/c14-12-5-2-6-13-11(12)7-10(16-13)8-15-9-3-1-4-9/h2,5-7,9,15-16H,1,3-4,8,14H2. The van der Waals surface area contributed by atoms with Gasteiger partial charge in [0.15, 0.2) is 0 Å². The first-order valence-electron chi connectivity index (χ1n) is 5.92. The summed E-state index contributed by atoms with van der Waals surface area (Å²) in [6.07, 6.45) is 4.02. The van der Waals surface area contributed by atoms with Gasteiger partial charge in [-0.1, -0.05) is 12.5 Å². The average molecular weight is 215 g/mol. The molecule has 1 aliphatic rings. The van der Waals surface area contributed by atoms with Crippen LogP contribution in [0.5, 0.6) is 0 Å². The maximum absolute atomic E-state index is 5.92. The highest BCUT2D eigenvalue weighted by Crippen LogP contribution is 2.22. The second kappa shape index (κ2) is 3.83. The number of aromatic nitrogens is 1. The molecule has 0 atom stereocenters. The second-order valence-corrected chi connectivity index (χ2v) is 4.61. The van der Waals surface area contributed by atoms with Crippen LogP contribution >= 0.6 is 0 Å². The summed E-state index contributed by atoms with van der Waals surface area (Å²) in [5.74, 6) is 0. The topological polar surface area (TPSA) is 53.8 Å². The quantitative estimate of drug-likeness (QED) is 0.689. The third kappa shape index (κ3) is 1.67. The molecule has 1 aromatic carbocycles. The van der Waals surface area contributed by atoms with Gasteiger partial charge in [-0.05, 0) is 31.0 Å². The van der Waals surface area contributed by atoms with Crippen LogP contribution in [0, 0.1) is 0 Å². The molecule has 0 saturated heterocycles. The Hall–Kier alpha value is -1.48. The van der Waals surface area contributed by atoms with Crippen molar-refractivity contribution in [2.75, 3.05) is 5.73 Å². The molecule has 3 rings (SSSR count). The van der Waals surface area contributed by atoms with E-state index in [0.29, 0.717) is 0 Å². The van der Waals surface area contributed by atoms with Crippen LogP contribution in [0.3, 0.4) is 0 Å². The Labute approximate surface area is 95.0 Å². The van der Waals surface area contributed by atoms with Crippen molar-refractivity contribution in [3.05, 3.63) is 30.0 Å². The summed E-state index contributed by atoms with van der Waals surface area (Å²) >= 11 is 0. The van der Waals surface area contributed by atoms with E-state index >= 15 is 0 Å². The first-order valence-corrected chi connectivity index (χ1v) is 5.92. The van der Waals surface area contributed by atoms with E-state index in [1.807, 2.05) is 12.1 Å². The zero-order chi connectivity index (χ0) is 11.0. The molecule has 0 unspecified atom stereocenters. The Morgan fingerprint density at radius 1 is 1.38 bits per heavy atom. The third-order valence-electron chi connectivity index (χ3n) is 3.44. The van der Waals surface area contributed by atoms with Crippen molar-refractivity contribution in [2.24, 2.45) is 0 Å². The summed E-state index contributed by atoms with van der Waals surface area (Å²) in [5.41, 5.74) is 9.13. The molecule has 0 aliphatic heterocycles. The minimum Gasteiger partial charge on any atom is -0.398 e. The highest BCUT2D eigenvalue weighted by atomic mass is 14.9. The summed E-state index contributed by atoms with van der Waals surface area (Å²) < 4.78 is 0. The molecule has 16 heavy (non-hydrogen) atoms. The van der Waals surface area contributed by atoms with Gasteiger partial charge in [0, 0.05) is 34.9 Å². The number of fused-ring (bicyclic) bond motifs is 1. The zero-order valence-electron chi connectivity index (χ0n) is 9.29. The lowest BCUT2D eigenvalue weighted by Gasteiger charge is -2.26. The number of nitrogen functional groups attached to an aromatic ring is 1. The normalized spacial score (nSPS) is 16.5. The van der Waals surface area contributed by atoms with Crippen molar-refractivity contribution in [2.45, 2.75) is 31.8 Å². The number of rotatable bonds is 3. The molecule has 1 aliphatic carbocycles. The number of anilines is 1. The number of nitrogens with two attached hydrogens (primary N) is 1. The van der Waals surface area contributed by atoms with E-state index in [4.69, 9.17) is 5.73 Å². The third-order valence-corrected chi connectivity index (χ3v) is 3.44. The fourth-order valence-corrected chi connectivity index (χ4v) is 2.20. The molecular formula is C13H17N3. The molecule has 1 saturated carbocycles. The molecule has 2 aromatic rings. The summed E-state index contributed by atoms with van der Waals surface area (Å²) in [5, 5.41) is 4.68. The molecule has 3 nitrogen and oxygen atoms in total. The smallest absolute Gasteiger partial charge is 0.0477 e. The van der Waals surface area contributed by atoms with Gasteiger partial charge in [-0.25, -0.2) is 0 Å². The van der Waals surface area contributed by atoms with Crippen molar-refractivity contribution in [1.29, 1.82) is 0 Å². The van der Waals surface area contributed by atoms with Crippen LogP contribution in [0.4, 0.5) is 5.69 Å². The predicted octanol–water partition coefficient (Wildman–Crippen LogP) is 2.39. The van der Waals surface area contributed by atoms with E-state index in [-0.39, 0.29) is 0 Å². The van der Waals surface area contributed by atoms with Gasteiger partial charge in [-0.3, -0.25) is 0 Å². The predicted molar refractivity (Wildman–Crippen MR) is 67.2 cm³/mol. The molecule has 0 amide bonds. The summed E-state index contributed by atoms with van der Waals surface area (Å²) in [6.45, 7) is 0.915. The maximum Gasteiger partial charge on any atom is 0.0477 e. The molecule has 0 bridgehead atoms. The number of H-pyrrole nitrogens is 1. The summed E-state index contributed by atoms with van der Waals surface area (Å²) in [4.78, 5) is 3.40. The average Bonchev–Trinajstić information content (AvgIpc) is 2.60. The molecule has 1 aromatic heterocycles. The van der Waals surface area contributed by atoms with Crippen LogP contribution in [-0.2, 0) is 6.54 Å². The number of hydrogen-bond acceptors (Lipinski definition) is 2. The fourth-order valence-electron chi connectivity index (χ4n) is 2.20. The van der Waals surface area contributed by atoms with Crippen molar-refractivity contribution in [3.63, 3.8) is 0 Å². The first-order chi connectivity index (χ1) is 7.83. The van der Waals surface area contributed by atoms with Gasteiger partial charge in [-0.15, -0.1) is 0 Å². The Morgan fingerprint density at radius 3 is 2.94 bits per heavy atom. The van der Waals surface area contributed by atoms with Crippen LogP contribution in [0.25, 0.3) is 10.9 Å². The SMILES string of the molecule is Nc1cccc2[nH]c(CNC3CCC3)cc12. The minimum atomic E-state index is 0.726. The van der Waals surface area contributed by atoms with Crippen molar-refractivity contribution >= 4 is 16.6 Å². The van der Waals surface area contributed by atoms with E-state index in [0.717, 1.165) is 29.2 Å². The van der Waals surface area contributed by atoms with Crippen molar-refractivity contribution in [1.82, 2.24) is 10.3 Å². The van der Waals surface area contributed by atoms with E-state index in [2.05, 4.69) is 22.4 Å². The van der Waals surface area contributed by atoms with Crippen LogP contribution < -0.4 is 11.1 Å². The number of aromatic amines is 1. The Kier molecular flexibility index (Phi) is 2.33. The zero-order valence-corrected chi connectivity index (χ0v) is 9.29. The highest BCUT2D eigenvalue weighted by molar-refractivity contribution is 5.91. The van der Waals surface area contributed by atoms with Gasteiger partial charge in [0.1, 0.15) is 0 Å². The van der Waals surface area contributed by atoms with Crippen molar-refractivity contribution in [3.8, 4) is 0 Å². The van der Waals surface area contributed by atoms with Gasteiger partial charge in [0.05, 0.1) is 0 Å². The van der Waals surface area contributed by atoms with Crippen molar-refractivity contribution < 1.29 is 0 Å². The Bertz CT molecular complexity index is 497. The first kappa shape index (κ1) is 9.73. The summed E-state index contributed by atoms with van der Waals surface area (Å²) in [7, 11) is 0. The van der Waals surface area contributed by atoms with Crippen LogP contribution in [-0.4, -0.2) is 11.0 Å². The van der Waals surface area contributed by atoms with E-state index < -0.39 is 0 Å². The second-order valence-electron chi connectivity index (χ2n) is 4.61. The van der Waals surface area contributed by atoms with Gasteiger partial charge in [-0.2, -0.15) is 0 Å². The number of nitrogens with one attached hydrogen (secondary N) is 2.